The predicted octanol–water partition coefficient (Wildman–Crippen LogP) is 7.35. The fraction of sp³-hybridized carbons (Fsp3) is 0.167. The number of hydrogen-bond donors (Lipinski definition) is 1. The van der Waals surface area contributed by atoms with Gasteiger partial charge >= 0.3 is 0 Å². The van der Waals surface area contributed by atoms with Gasteiger partial charge in [0.05, 0.1) is 28.5 Å². The zero-order valence-corrected chi connectivity index (χ0v) is 17.4. The van der Waals surface area contributed by atoms with Gasteiger partial charge in [-0.1, -0.05) is 28.1 Å². The second kappa shape index (κ2) is 7.48. The normalized spacial score (nSPS) is 17.6. The largest absolute Gasteiger partial charge is 0.456 e. The summed E-state index contributed by atoms with van der Waals surface area (Å²) in [5.41, 5.74) is 12.4. The fourth-order valence-corrected chi connectivity index (χ4v) is 4.17. The van der Waals surface area contributed by atoms with Gasteiger partial charge in [0.15, 0.2) is 0 Å². The number of anilines is 1. The molecule has 0 amide bonds. The van der Waals surface area contributed by atoms with Gasteiger partial charge in [0.1, 0.15) is 11.2 Å². The third-order valence-electron chi connectivity index (χ3n) is 5.28. The molecule has 1 heterocycles. The summed E-state index contributed by atoms with van der Waals surface area (Å²) in [6, 6.07) is 19.9. The zero-order valence-electron chi connectivity index (χ0n) is 15.9. The summed E-state index contributed by atoms with van der Waals surface area (Å²) >= 11 is 3.55. The number of nitrogen functional groups attached to an aromatic ring is 1. The van der Waals surface area contributed by atoms with Crippen molar-refractivity contribution in [2.75, 3.05) is 5.73 Å². The van der Waals surface area contributed by atoms with Gasteiger partial charge < -0.3 is 10.2 Å². The van der Waals surface area contributed by atoms with E-state index in [1.807, 2.05) is 48.5 Å². The van der Waals surface area contributed by atoms with E-state index in [-0.39, 0.29) is 0 Å². The fourth-order valence-electron chi connectivity index (χ4n) is 3.81. The molecule has 3 aromatic carbocycles. The summed E-state index contributed by atoms with van der Waals surface area (Å²) in [6.07, 6.45) is 4.12. The molecule has 0 aliphatic heterocycles. The smallest absolute Gasteiger partial charge is 0.135 e. The molecular weight excluding hydrogens is 426 g/mol. The van der Waals surface area contributed by atoms with Crippen molar-refractivity contribution in [3.05, 3.63) is 65.1 Å². The molecule has 0 bridgehead atoms. The van der Waals surface area contributed by atoms with E-state index in [1.54, 1.807) is 0 Å². The summed E-state index contributed by atoms with van der Waals surface area (Å²) in [5.74, 6) is 0. The quantitative estimate of drug-likeness (QED) is 0.327. The third kappa shape index (κ3) is 3.58. The highest BCUT2D eigenvalue weighted by molar-refractivity contribution is 9.10. The van der Waals surface area contributed by atoms with Crippen molar-refractivity contribution in [1.82, 2.24) is 0 Å². The Bertz CT molecular complexity index is 1290. The lowest BCUT2D eigenvalue weighted by Crippen LogP contribution is -2.18. The van der Waals surface area contributed by atoms with Gasteiger partial charge in [-0.05, 0) is 74.2 Å². The monoisotopic (exact) mass is 445 g/mol. The van der Waals surface area contributed by atoms with Gasteiger partial charge in [-0.3, -0.25) is 4.99 Å². The maximum absolute atomic E-state index is 6.09. The molecule has 0 atom stereocenters. The summed E-state index contributed by atoms with van der Waals surface area (Å²) in [5, 5.41) is 2.16. The molecule has 2 N–H and O–H groups in total. The lowest BCUT2D eigenvalue weighted by molar-refractivity contribution is 0.669. The van der Waals surface area contributed by atoms with Crippen molar-refractivity contribution < 1.29 is 4.42 Å². The molecule has 1 aliphatic rings. The first-order valence-corrected chi connectivity index (χ1v) is 10.6. The molecule has 1 saturated carbocycles. The van der Waals surface area contributed by atoms with E-state index in [9.17, 15) is 0 Å². The van der Waals surface area contributed by atoms with Crippen LogP contribution in [-0.4, -0.2) is 11.4 Å². The summed E-state index contributed by atoms with van der Waals surface area (Å²) in [7, 11) is 0. The third-order valence-corrected chi connectivity index (χ3v) is 5.77. The van der Waals surface area contributed by atoms with Gasteiger partial charge in [0.25, 0.3) is 0 Å². The van der Waals surface area contributed by atoms with Crippen LogP contribution in [-0.2, 0) is 0 Å². The number of furan rings is 1. The van der Waals surface area contributed by atoms with E-state index >= 15 is 0 Å². The Morgan fingerprint density at radius 3 is 2.28 bits per heavy atom. The van der Waals surface area contributed by atoms with Gasteiger partial charge in [0, 0.05) is 15.2 Å². The maximum Gasteiger partial charge on any atom is 0.135 e. The molecule has 0 saturated heterocycles. The van der Waals surface area contributed by atoms with E-state index in [1.165, 1.54) is 0 Å². The molecule has 144 valence electrons. The van der Waals surface area contributed by atoms with Crippen molar-refractivity contribution in [1.29, 1.82) is 0 Å². The molecule has 0 unspecified atom stereocenters. The molecule has 0 spiro atoms. The average molecular weight is 446 g/mol. The van der Waals surface area contributed by atoms with Crippen LogP contribution in [0.2, 0.25) is 0 Å². The van der Waals surface area contributed by atoms with Crippen molar-refractivity contribution in [2.45, 2.75) is 25.7 Å². The van der Waals surface area contributed by atoms with Crippen LogP contribution in [0.3, 0.4) is 0 Å². The van der Waals surface area contributed by atoms with E-state index in [0.29, 0.717) is 5.69 Å². The second-order valence-corrected chi connectivity index (χ2v) is 8.22. The molecule has 1 fully saturated rings. The Hall–Kier alpha value is -2.92. The summed E-state index contributed by atoms with van der Waals surface area (Å²) in [4.78, 5) is 9.82. The van der Waals surface area contributed by atoms with Crippen LogP contribution >= 0.6 is 15.9 Å². The van der Waals surface area contributed by atoms with E-state index < -0.39 is 0 Å². The Morgan fingerprint density at radius 2 is 1.48 bits per heavy atom. The number of aliphatic imine (C=N–C) groups is 2. The molecule has 0 radical (unpaired) electrons. The van der Waals surface area contributed by atoms with Crippen LogP contribution in [0.15, 0.2) is 79.5 Å². The topological polar surface area (TPSA) is 63.9 Å². The van der Waals surface area contributed by atoms with E-state index in [2.05, 4.69) is 28.1 Å². The number of rotatable bonds is 2. The van der Waals surface area contributed by atoms with Crippen molar-refractivity contribution in [2.24, 2.45) is 9.98 Å². The SMILES string of the molecule is Nc1ccccc1N=C1CCCCC1=Nc1ccc2oc3ccc(Br)cc3c2c1. The number of para-hydroxylation sites is 2. The molecule has 1 aliphatic carbocycles. The van der Waals surface area contributed by atoms with Crippen LogP contribution in [0.1, 0.15) is 25.7 Å². The second-order valence-electron chi connectivity index (χ2n) is 7.31. The first kappa shape index (κ1) is 18.1. The van der Waals surface area contributed by atoms with Crippen LogP contribution in [0, 0.1) is 0 Å². The van der Waals surface area contributed by atoms with Crippen molar-refractivity contribution >= 4 is 66.4 Å². The number of nitrogens with zero attached hydrogens (tertiary/aromatic N) is 2. The highest BCUT2D eigenvalue weighted by Crippen LogP contribution is 2.34. The minimum atomic E-state index is 0.696. The van der Waals surface area contributed by atoms with Crippen LogP contribution < -0.4 is 5.73 Å². The maximum atomic E-state index is 6.09. The lowest BCUT2D eigenvalue weighted by atomic mass is 9.95. The summed E-state index contributed by atoms with van der Waals surface area (Å²) < 4.78 is 6.99. The van der Waals surface area contributed by atoms with Crippen molar-refractivity contribution in [3.63, 3.8) is 0 Å². The number of fused-ring (bicyclic) bond motifs is 3. The number of hydrogen-bond acceptors (Lipinski definition) is 4. The van der Waals surface area contributed by atoms with Gasteiger partial charge in [-0.2, -0.15) is 0 Å². The molecule has 4 nitrogen and oxygen atoms in total. The van der Waals surface area contributed by atoms with E-state index in [4.69, 9.17) is 20.1 Å². The Balaban J connectivity index is 1.58. The summed E-state index contributed by atoms with van der Waals surface area (Å²) in [6.45, 7) is 0. The molecule has 29 heavy (non-hydrogen) atoms. The standard InChI is InChI=1S/C24H20BrN3O/c25-15-9-11-23-17(13-15)18-14-16(10-12-24(18)29-23)27-21-7-3-4-8-22(21)28-20-6-2-1-5-19(20)26/h1-2,5-6,9-14H,3-4,7-8,26H2. The van der Waals surface area contributed by atoms with Crippen LogP contribution in [0.4, 0.5) is 17.1 Å². The molecule has 1 aromatic heterocycles. The Labute approximate surface area is 177 Å². The Morgan fingerprint density at radius 1 is 0.793 bits per heavy atom. The minimum absolute atomic E-state index is 0.696. The Kier molecular flexibility index (Phi) is 4.68. The minimum Gasteiger partial charge on any atom is -0.456 e. The van der Waals surface area contributed by atoms with E-state index in [0.717, 1.165) is 74.9 Å². The van der Waals surface area contributed by atoms with Crippen LogP contribution in [0.25, 0.3) is 21.9 Å². The molecule has 4 aromatic rings. The number of benzene rings is 3. The van der Waals surface area contributed by atoms with Gasteiger partial charge in [0.2, 0.25) is 0 Å². The first-order chi connectivity index (χ1) is 14.2. The zero-order chi connectivity index (χ0) is 19.8. The van der Waals surface area contributed by atoms with Crippen LogP contribution in [0.5, 0.6) is 0 Å². The number of nitrogens with two attached hydrogens (primary N) is 1. The molecule has 5 rings (SSSR count). The predicted molar refractivity (Wildman–Crippen MR) is 125 cm³/mol. The average Bonchev–Trinajstić information content (AvgIpc) is 3.08. The van der Waals surface area contributed by atoms with Crippen molar-refractivity contribution in [3.8, 4) is 0 Å². The van der Waals surface area contributed by atoms with Gasteiger partial charge in [-0.25, -0.2) is 4.99 Å². The lowest BCUT2D eigenvalue weighted by Gasteiger charge is -2.16. The molecule has 5 heteroatoms. The van der Waals surface area contributed by atoms with Gasteiger partial charge in [-0.15, -0.1) is 0 Å². The molecular formula is C24H20BrN3O. The highest BCUT2D eigenvalue weighted by Gasteiger charge is 2.16. The highest BCUT2D eigenvalue weighted by atomic mass is 79.9. The number of halogens is 1. The first-order valence-electron chi connectivity index (χ1n) is 9.79.